The average Bonchev–Trinajstić information content (AvgIpc) is 2.80. The zero-order valence-corrected chi connectivity index (χ0v) is 13.3. The molecule has 0 radical (unpaired) electrons. The summed E-state index contributed by atoms with van der Waals surface area (Å²) in [6.07, 6.45) is -1.23. The molecule has 0 unspecified atom stereocenters. The molecular weight excluding hydrogens is 312 g/mol. The van der Waals surface area contributed by atoms with Gasteiger partial charge >= 0.3 is 0 Å². The standard InChI is InChI=1S/C18H18O6/c1-18(2)23-14-4-3-9(5-16(14)24-18)17-13(21)8-11-12(20)6-10(19)7-15(11)22-17/h3-7,13,17,19-21H,8H2,1-2H3/t13-,17-/m1/s1. The summed E-state index contributed by atoms with van der Waals surface area (Å²) in [5, 5.41) is 30.0. The van der Waals surface area contributed by atoms with Gasteiger partial charge in [-0.25, -0.2) is 0 Å². The van der Waals surface area contributed by atoms with Gasteiger partial charge in [-0.3, -0.25) is 0 Å². The van der Waals surface area contributed by atoms with Crippen molar-refractivity contribution in [2.45, 2.75) is 38.3 Å². The predicted octanol–water partition coefficient (Wildman–Crippen LogP) is 2.64. The largest absolute Gasteiger partial charge is 0.508 e. The highest BCUT2D eigenvalue weighted by molar-refractivity contribution is 5.52. The van der Waals surface area contributed by atoms with Gasteiger partial charge in [-0.15, -0.1) is 0 Å². The molecule has 0 spiro atoms. The van der Waals surface area contributed by atoms with Gasteiger partial charge in [0.25, 0.3) is 0 Å². The lowest BCUT2D eigenvalue weighted by Gasteiger charge is -2.31. The molecule has 4 rings (SSSR count). The van der Waals surface area contributed by atoms with E-state index in [9.17, 15) is 15.3 Å². The van der Waals surface area contributed by atoms with E-state index in [1.807, 2.05) is 19.9 Å². The lowest BCUT2D eigenvalue weighted by Crippen LogP contribution is -2.30. The number of aliphatic hydroxyl groups is 1. The molecule has 0 saturated carbocycles. The number of phenolic OH excluding ortho intramolecular Hbond substituents is 2. The molecule has 2 aromatic rings. The molecule has 2 atom stereocenters. The van der Waals surface area contributed by atoms with Crippen molar-refractivity contribution in [3.63, 3.8) is 0 Å². The molecule has 2 heterocycles. The van der Waals surface area contributed by atoms with Gasteiger partial charge in [0, 0.05) is 38.0 Å². The molecule has 2 aliphatic rings. The van der Waals surface area contributed by atoms with E-state index in [4.69, 9.17) is 14.2 Å². The second kappa shape index (κ2) is 4.95. The third-order valence-electron chi connectivity index (χ3n) is 4.19. The van der Waals surface area contributed by atoms with Crippen molar-refractivity contribution in [2.75, 3.05) is 0 Å². The first-order valence-electron chi connectivity index (χ1n) is 7.74. The Labute approximate surface area is 138 Å². The maximum atomic E-state index is 10.4. The van der Waals surface area contributed by atoms with Crippen LogP contribution in [0.4, 0.5) is 0 Å². The van der Waals surface area contributed by atoms with Crippen molar-refractivity contribution < 1.29 is 29.5 Å². The Morgan fingerprint density at radius 2 is 1.75 bits per heavy atom. The summed E-state index contributed by atoms with van der Waals surface area (Å²) in [5.74, 6) is 0.698. The number of aliphatic hydroxyl groups excluding tert-OH is 1. The van der Waals surface area contributed by atoms with Gasteiger partial charge in [0.2, 0.25) is 5.79 Å². The first-order valence-corrected chi connectivity index (χ1v) is 7.74. The van der Waals surface area contributed by atoms with Crippen LogP contribution in [0.2, 0.25) is 0 Å². The smallest absolute Gasteiger partial charge is 0.246 e. The van der Waals surface area contributed by atoms with E-state index >= 15 is 0 Å². The van der Waals surface area contributed by atoms with Crippen molar-refractivity contribution in [2.24, 2.45) is 0 Å². The van der Waals surface area contributed by atoms with Gasteiger partial charge in [-0.05, 0) is 17.7 Å². The number of fused-ring (bicyclic) bond motifs is 2. The number of aromatic hydroxyl groups is 2. The second-order valence-corrected chi connectivity index (χ2v) is 6.56. The first kappa shape index (κ1) is 15.0. The summed E-state index contributed by atoms with van der Waals surface area (Å²) in [6, 6.07) is 8.05. The summed E-state index contributed by atoms with van der Waals surface area (Å²) in [5.41, 5.74) is 1.22. The van der Waals surface area contributed by atoms with Crippen LogP contribution in [0.25, 0.3) is 0 Å². The van der Waals surface area contributed by atoms with Crippen LogP contribution in [0, 0.1) is 0 Å². The van der Waals surface area contributed by atoms with E-state index in [1.54, 1.807) is 12.1 Å². The Bertz CT molecular complexity index is 813. The average molecular weight is 330 g/mol. The molecular formula is C18H18O6. The van der Waals surface area contributed by atoms with Crippen LogP contribution in [0.15, 0.2) is 30.3 Å². The highest BCUT2D eigenvalue weighted by Crippen LogP contribution is 2.45. The minimum Gasteiger partial charge on any atom is -0.508 e. The number of benzene rings is 2. The maximum Gasteiger partial charge on any atom is 0.246 e. The van der Waals surface area contributed by atoms with Crippen LogP contribution in [-0.2, 0) is 6.42 Å². The fourth-order valence-electron chi connectivity index (χ4n) is 3.16. The Balaban J connectivity index is 1.68. The third kappa shape index (κ3) is 2.39. The molecule has 0 aromatic heterocycles. The van der Waals surface area contributed by atoms with Crippen LogP contribution in [0.3, 0.4) is 0 Å². The summed E-state index contributed by atoms with van der Waals surface area (Å²) in [4.78, 5) is 0. The van der Waals surface area contributed by atoms with E-state index in [-0.39, 0.29) is 17.9 Å². The van der Waals surface area contributed by atoms with Crippen molar-refractivity contribution >= 4 is 0 Å². The number of hydrogen-bond donors (Lipinski definition) is 3. The summed E-state index contributed by atoms with van der Waals surface area (Å²) in [6.45, 7) is 3.64. The monoisotopic (exact) mass is 330 g/mol. The van der Waals surface area contributed by atoms with Crippen LogP contribution in [0.5, 0.6) is 28.7 Å². The van der Waals surface area contributed by atoms with E-state index in [1.165, 1.54) is 12.1 Å². The minimum absolute atomic E-state index is 0.0880. The van der Waals surface area contributed by atoms with Crippen molar-refractivity contribution in [1.82, 2.24) is 0 Å². The van der Waals surface area contributed by atoms with E-state index < -0.39 is 18.0 Å². The fourth-order valence-corrected chi connectivity index (χ4v) is 3.16. The third-order valence-corrected chi connectivity index (χ3v) is 4.19. The number of phenols is 2. The number of ether oxygens (including phenoxy) is 3. The Hall–Kier alpha value is -2.60. The second-order valence-electron chi connectivity index (χ2n) is 6.56. The van der Waals surface area contributed by atoms with Gasteiger partial charge < -0.3 is 29.5 Å². The van der Waals surface area contributed by atoms with Gasteiger partial charge in [0.05, 0.1) is 6.10 Å². The Morgan fingerprint density at radius 3 is 2.54 bits per heavy atom. The summed E-state index contributed by atoms with van der Waals surface area (Å²) in [7, 11) is 0. The molecule has 2 aromatic carbocycles. The van der Waals surface area contributed by atoms with Gasteiger partial charge in [-0.1, -0.05) is 6.07 Å². The normalized spacial score (nSPS) is 23.5. The highest BCUT2D eigenvalue weighted by atomic mass is 16.7. The molecule has 0 bridgehead atoms. The molecule has 2 aliphatic heterocycles. The molecule has 0 amide bonds. The molecule has 0 fully saturated rings. The van der Waals surface area contributed by atoms with Gasteiger partial charge in [0.15, 0.2) is 11.5 Å². The van der Waals surface area contributed by atoms with Crippen LogP contribution in [0.1, 0.15) is 31.1 Å². The lowest BCUT2D eigenvalue weighted by atomic mass is 9.94. The molecule has 0 aliphatic carbocycles. The highest BCUT2D eigenvalue weighted by Gasteiger charge is 2.35. The van der Waals surface area contributed by atoms with E-state index in [0.717, 1.165) is 5.56 Å². The number of rotatable bonds is 1. The molecule has 24 heavy (non-hydrogen) atoms. The summed E-state index contributed by atoms with van der Waals surface area (Å²) >= 11 is 0. The SMILES string of the molecule is CC1(C)Oc2ccc([C@H]3Oc4cc(O)cc(O)c4C[C@H]3O)cc2O1. The molecule has 6 heteroatoms. The van der Waals surface area contributed by atoms with Crippen LogP contribution in [-0.4, -0.2) is 27.2 Å². The maximum absolute atomic E-state index is 10.4. The van der Waals surface area contributed by atoms with E-state index in [2.05, 4.69) is 0 Å². The van der Waals surface area contributed by atoms with Crippen molar-refractivity contribution in [1.29, 1.82) is 0 Å². The van der Waals surface area contributed by atoms with Crippen LogP contribution < -0.4 is 14.2 Å². The zero-order chi connectivity index (χ0) is 17.1. The Morgan fingerprint density at radius 1 is 1.00 bits per heavy atom. The number of hydrogen-bond acceptors (Lipinski definition) is 6. The molecule has 3 N–H and O–H groups in total. The molecule has 6 nitrogen and oxygen atoms in total. The predicted molar refractivity (Wildman–Crippen MR) is 84.6 cm³/mol. The zero-order valence-electron chi connectivity index (χ0n) is 13.3. The topological polar surface area (TPSA) is 88.4 Å². The van der Waals surface area contributed by atoms with E-state index in [0.29, 0.717) is 22.8 Å². The lowest BCUT2D eigenvalue weighted by molar-refractivity contribution is -0.0432. The van der Waals surface area contributed by atoms with Crippen molar-refractivity contribution in [3.05, 3.63) is 41.5 Å². The minimum atomic E-state index is -0.832. The fraction of sp³-hybridized carbons (Fsp3) is 0.333. The van der Waals surface area contributed by atoms with Gasteiger partial charge in [-0.2, -0.15) is 0 Å². The molecule has 0 saturated heterocycles. The van der Waals surface area contributed by atoms with Crippen molar-refractivity contribution in [3.8, 4) is 28.7 Å². The van der Waals surface area contributed by atoms with Crippen LogP contribution >= 0.6 is 0 Å². The first-order chi connectivity index (χ1) is 11.3. The molecule has 126 valence electrons. The summed E-state index contributed by atoms with van der Waals surface area (Å²) < 4.78 is 17.2. The Kier molecular flexibility index (Phi) is 3.08. The van der Waals surface area contributed by atoms with Gasteiger partial charge in [0.1, 0.15) is 23.4 Å². The quantitative estimate of drug-likeness (QED) is 0.745.